The van der Waals surface area contributed by atoms with Crippen LogP contribution in [0.1, 0.15) is 57.2 Å². The van der Waals surface area contributed by atoms with Crippen LogP contribution in [0.15, 0.2) is 40.9 Å². The predicted octanol–water partition coefficient (Wildman–Crippen LogP) is 3.82. The zero-order chi connectivity index (χ0) is 35.9. The van der Waals surface area contributed by atoms with Crippen LogP contribution in [0.5, 0.6) is 0 Å². The molecule has 0 radical (unpaired) electrons. The van der Waals surface area contributed by atoms with Crippen LogP contribution in [0.2, 0.25) is 0 Å². The Balaban J connectivity index is 1.48. The van der Waals surface area contributed by atoms with Gasteiger partial charge < -0.3 is 23.8 Å². The number of benzene rings is 2. The fraction of sp³-hybridized carbons (Fsp3) is 0.471. The summed E-state index contributed by atoms with van der Waals surface area (Å²) in [4.78, 5) is 58.3. The van der Waals surface area contributed by atoms with E-state index in [9.17, 15) is 23.6 Å². The van der Waals surface area contributed by atoms with Crippen LogP contribution in [0.4, 0.5) is 14.9 Å². The number of nitrogens with zero attached hydrogens (tertiary/aromatic N) is 6. The number of hydrazine groups is 1. The normalized spacial score (nSPS) is 12.7. The summed E-state index contributed by atoms with van der Waals surface area (Å²) in [5.74, 6) is -1.08. The molecule has 1 aliphatic heterocycles. The molecule has 0 bridgehead atoms. The van der Waals surface area contributed by atoms with Crippen molar-refractivity contribution in [3.05, 3.63) is 64.8 Å². The van der Waals surface area contributed by atoms with Crippen molar-refractivity contribution in [2.75, 3.05) is 44.7 Å². The van der Waals surface area contributed by atoms with E-state index in [1.807, 2.05) is 24.9 Å². The molecule has 3 aromatic rings. The fourth-order valence-electron chi connectivity index (χ4n) is 5.14. The Kier molecular flexibility index (Phi) is 12.1. The summed E-state index contributed by atoms with van der Waals surface area (Å²) in [5, 5.41) is 10.2. The van der Waals surface area contributed by atoms with E-state index in [1.165, 1.54) is 29.0 Å². The standard InChI is InChI=1S/C34H44FN7O7/c1-8-40(33(46)48-34(4,5)6)13-14-42(28-16-24(10-9-22(28)2)32-37-29(49-38-32)21-47-23(3)43)31(45)18-36-17-30(44)39(7)41-19-25-11-12-27(35)15-26(25)20-41/h9-12,15-16,36H,8,13-14,17-21H2,1-7H3. The van der Waals surface area contributed by atoms with Crippen LogP contribution in [0, 0.1) is 12.7 Å². The largest absolute Gasteiger partial charge is 0.456 e. The molecule has 0 unspecified atom stereocenters. The highest BCUT2D eigenvalue weighted by Gasteiger charge is 2.27. The summed E-state index contributed by atoms with van der Waals surface area (Å²) in [7, 11) is 1.64. The van der Waals surface area contributed by atoms with Crippen molar-refractivity contribution in [2.24, 2.45) is 0 Å². The molecular weight excluding hydrogens is 637 g/mol. The highest BCUT2D eigenvalue weighted by molar-refractivity contribution is 5.96. The molecule has 264 valence electrons. The number of fused-ring (bicyclic) bond motifs is 1. The minimum Gasteiger partial charge on any atom is -0.456 e. The summed E-state index contributed by atoms with van der Waals surface area (Å²) in [5.41, 5.74) is 2.94. The molecule has 0 spiro atoms. The van der Waals surface area contributed by atoms with Gasteiger partial charge in [0, 0.05) is 57.9 Å². The number of halogens is 1. The molecule has 0 aliphatic carbocycles. The molecule has 0 saturated heterocycles. The zero-order valence-electron chi connectivity index (χ0n) is 29.0. The molecule has 15 heteroatoms. The number of hydrogen-bond acceptors (Lipinski definition) is 11. The van der Waals surface area contributed by atoms with E-state index in [0.717, 1.165) is 16.7 Å². The average Bonchev–Trinajstić information content (AvgIpc) is 3.68. The van der Waals surface area contributed by atoms with E-state index < -0.39 is 17.7 Å². The minimum absolute atomic E-state index is 0.111. The van der Waals surface area contributed by atoms with Gasteiger partial charge in [-0.2, -0.15) is 4.98 Å². The van der Waals surface area contributed by atoms with Gasteiger partial charge in [0.1, 0.15) is 11.4 Å². The highest BCUT2D eigenvalue weighted by Crippen LogP contribution is 2.28. The summed E-state index contributed by atoms with van der Waals surface area (Å²) < 4.78 is 29.4. The number of rotatable bonds is 13. The van der Waals surface area contributed by atoms with Crippen LogP contribution in [-0.4, -0.2) is 94.3 Å². The molecule has 2 aromatic carbocycles. The molecular formula is C34H44FN7O7. The van der Waals surface area contributed by atoms with Gasteiger partial charge in [-0.15, -0.1) is 0 Å². The number of likely N-dealkylation sites (N-methyl/N-ethyl adjacent to an activating group) is 2. The van der Waals surface area contributed by atoms with Gasteiger partial charge in [-0.1, -0.05) is 23.4 Å². The molecule has 0 atom stereocenters. The number of ether oxygens (including phenoxy) is 2. The molecule has 3 amide bonds. The van der Waals surface area contributed by atoms with Crippen LogP contribution in [0.3, 0.4) is 0 Å². The second-order valence-electron chi connectivity index (χ2n) is 12.7. The van der Waals surface area contributed by atoms with Crippen molar-refractivity contribution < 1.29 is 37.6 Å². The first kappa shape index (κ1) is 36.9. The van der Waals surface area contributed by atoms with E-state index in [0.29, 0.717) is 30.9 Å². The van der Waals surface area contributed by atoms with Crippen molar-refractivity contribution >= 4 is 29.6 Å². The first-order valence-electron chi connectivity index (χ1n) is 16.0. The van der Waals surface area contributed by atoms with Crippen LogP contribution >= 0.6 is 0 Å². The second-order valence-corrected chi connectivity index (χ2v) is 12.7. The van der Waals surface area contributed by atoms with E-state index in [4.69, 9.17) is 14.0 Å². The Morgan fingerprint density at radius 1 is 1.02 bits per heavy atom. The molecule has 0 fully saturated rings. The Bertz CT molecular complexity index is 1670. The van der Waals surface area contributed by atoms with Crippen molar-refractivity contribution in [2.45, 2.75) is 66.8 Å². The molecule has 14 nitrogen and oxygen atoms in total. The number of amides is 3. The van der Waals surface area contributed by atoms with Gasteiger partial charge >= 0.3 is 12.1 Å². The number of carbonyl (C=O) groups is 4. The number of nitrogens with one attached hydrogen (secondary N) is 1. The maximum atomic E-state index is 13.8. The monoisotopic (exact) mass is 681 g/mol. The Morgan fingerprint density at radius 2 is 1.73 bits per heavy atom. The molecule has 0 saturated carbocycles. The third-order valence-corrected chi connectivity index (χ3v) is 7.76. The molecule has 1 N–H and O–H groups in total. The minimum atomic E-state index is -0.693. The van der Waals surface area contributed by atoms with E-state index in [1.54, 1.807) is 50.9 Å². The van der Waals surface area contributed by atoms with E-state index in [-0.39, 0.29) is 62.1 Å². The third kappa shape index (κ3) is 10.1. The van der Waals surface area contributed by atoms with Crippen molar-refractivity contribution in [3.8, 4) is 11.4 Å². The summed E-state index contributed by atoms with van der Waals surface area (Å²) in [6, 6.07) is 9.92. The second kappa shape index (κ2) is 16.0. The van der Waals surface area contributed by atoms with Gasteiger partial charge in [-0.3, -0.25) is 24.7 Å². The van der Waals surface area contributed by atoms with Crippen molar-refractivity contribution in [1.29, 1.82) is 0 Å². The first-order chi connectivity index (χ1) is 23.1. The van der Waals surface area contributed by atoms with E-state index in [2.05, 4.69) is 15.5 Å². The quantitative estimate of drug-likeness (QED) is 0.262. The average molecular weight is 682 g/mol. The number of esters is 1. The van der Waals surface area contributed by atoms with Gasteiger partial charge in [0.25, 0.3) is 11.8 Å². The number of anilines is 1. The molecule has 1 aromatic heterocycles. The highest BCUT2D eigenvalue weighted by atomic mass is 19.1. The SMILES string of the molecule is CCN(CCN(C(=O)CNCC(=O)N(C)N1Cc2ccc(F)cc2C1)c1cc(-c2noc(COC(C)=O)n2)ccc1C)C(=O)OC(C)(C)C. The summed E-state index contributed by atoms with van der Waals surface area (Å²) in [6.07, 6.45) is -0.501. The van der Waals surface area contributed by atoms with Crippen molar-refractivity contribution in [3.63, 3.8) is 0 Å². The maximum absolute atomic E-state index is 13.8. The summed E-state index contributed by atoms with van der Waals surface area (Å²) in [6.45, 7) is 11.3. The Labute approximate surface area is 285 Å². The third-order valence-electron chi connectivity index (χ3n) is 7.76. The molecule has 49 heavy (non-hydrogen) atoms. The zero-order valence-corrected chi connectivity index (χ0v) is 29.0. The lowest BCUT2D eigenvalue weighted by atomic mass is 10.1. The van der Waals surface area contributed by atoms with Gasteiger partial charge in [-0.05, 0) is 69.5 Å². The molecule has 4 rings (SSSR count). The number of carbonyl (C=O) groups excluding carboxylic acids is 4. The topological polar surface area (TPSA) is 151 Å². The number of aryl methyl sites for hydroxylation is 1. The smallest absolute Gasteiger partial charge is 0.410 e. The van der Waals surface area contributed by atoms with Crippen molar-refractivity contribution in [1.82, 2.24) is 30.4 Å². The lowest BCUT2D eigenvalue weighted by molar-refractivity contribution is -0.145. The van der Waals surface area contributed by atoms with Crippen LogP contribution in [0.25, 0.3) is 11.4 Å². The van der Waals surface area contributed by atoms with E-state index >= 15 is 0 Å². The van der Waals surface area contributed by atoms with Crippen LogP contribution in [-0.2, 0) is 43.6 Å². The fourth-order valence-corrected chi connectivity index (χ4v) is 5.14. The van der Waals surface area contributed by atoms with Gasteiger partial charge in [-0.25, -0.2) is 14.2 Å². The first-order valence-corrected chi connectivity index (χ1v) is 16.0. The molecule has 2 heterocycles. The van der Waals surface area contributed by atoms with Gasteiger partial charge in [0.05, 0.1) is 13.1 Å². The summed E-state index contributed by atoms with van der Waals surface area (Å²) >= 11 is 0. The molecule has 1 aliphatic rings. The number of hydrogen-bond donors (Lipinski definition) is 1. The Hall–Kier alpha value is -4.89. The maximum Gasteiger partial charge on any atom is 0.410 e. The lowest BCUT2D eigenvalue weighted by Gasteiger charge is -2.30. The number of aromatic nitrogens is 2. The Morgan fingerprint density at radius 3 is 2.43 bits per heavy atom. The predicted molar refractivity (Wildman–Crippen MR) is 177 cm³/mol. The van der Waals surface area contributed by atoms with Gasteiger partial charge in [0.2, 0.25) is 11.7 Å². The van der Waals surface area contributed by atoms with Gasteiger partial charge in [0.15, 0.2) is 6.61 Å². The van der Waals surface area contributed by atoms with Crippen LogP contribution < -0.4 is 10.2 Å². The lowest BCUT2D eigenvalue weighted by Crippen LogP contribution is -2.48.